The third-order valence-corrected chi connectivity index (χ3v) is 4.83. The fourth-order valence-corrected chi connectivity index (χ4v) is 3.68. The fourth-order valence-electron chi connectivity index (χ4n) is 3.68. The monoisotopic (exact) mass is 301 g/mol. The molecule has 1 saturated carbocycles. The number of carbonyl (C=O) groups excluding carboxylic acids is 2. The van der Waals surface area contributed by atoms with Crippen LogP contribution in [0.1, 0.15) is 32.1 Å². The Morgan fingerprint density at radius 3 is 2.91 bits per heavy atom. The smallest absolute Gasteiger partial charge is 0.240 e. The topological polar surface area (TPSA) is 72.6 Å². The van der Waals surface area contributed by atoms with Crippen LogP contribution in [0.5, 0.6) is 5.75 Å². The maximum atomic E-state index is 13.1. The molecule has 1 aliphatic carbocycles. The normalized spacial score (nSPS) is 23.8. The van der Waals surface area contributed by atoms with Crippen molar-refractivity contribution in [3.05, 3.63) is 30.7 Å². The number of nitrogens with zero attached hydrogens (tertiary/aromatic N) is 1. The van der Waals surface area contributed by atoms with E-state index in [1.807, 2.05) is 18.2 Å². The highest BCUT2D eigenvalue weighted by atomic mass is 16.5. The zero-order valence-electron chi connectivity index (χ0n) is 12.7. The van der Waals surface area contributed by atoms with E-state index in [1.165, 1.54) is 0 Å². The van der Waals surface area contributed by atoms with E-state index < -0.39 is 17.4 Å². The summed E-state index contributed by atoms with van der Waals surface area (Å²) in [5.41, 5.74) is 5.79. The van der Waals surface area contributed by atoms with Gasteiger partial charge in [-0.15, -0.1) is 0 Å². The van der Waals surface area contributed by atoms with Gasteiger partial charge in [-0.2, -0.15) is 0 Å². The van der Waals surface area contributed by atoms with E-state index in [0.717, 1.165) is 25.7 Å². The fraction of sp³-hybridized carbons (Fsp3) is 0.471. The van der Waals surface area contributed by atoms with Gasteiger partial charge in [-0.05, 0) is 37.8 Å². The van der Waals surface area contributed by atoms with Crippen molar-refractivity contribution in [1.29, 1.82) is 0 Å². The lowest BCUT2D eigenvalue weighted by atomic mass is 9.72. The number of amides is 2. The number of primary amides is 1. The minimum atomic E-state index is -0.578. The van der Waals surface area contributed by atoms with Crippen LogP contribution in [-0.2, 0) is 9.59 Å². The van der Waals surface area contributed by atoms with Crippen molar-refractivity contribution in [2.24, 2.45) is 11.1 Å². The third-order valence-electron chi connectivity index (χ3n) is 4.83. The number of ether oxygens (including phenoxy) is 1. The standard InChI is InChI=1S/C17H21N2O3/c1-22-13-7-5-6-12(10-13)19-14(15(18)20)11-17(16(19)21)8-3-2-4-9-17/h3,5-7,10,14H,2,4,8-9,11H2,1H3,(H2,18,20). The van der Waals surface area contributed by atoms with Crippen LogP contribution in [0.15, 0.2) is 24.3 Å². The van der Waals surface area contributed by atoms with Crippen LogP contribution in [0.4, 0.5) is 5.69 Å². The number of methoxy groups -OCH3 is 1. The Kier molecular flexibility index (Phi) is 3.81. The number of hydrogen-bond acceptors (Lipinski definition) is 3. The van der Waals surface area contributed by atoms with Crippen LogP contribution in [0.25, 0.3) is 0 Å². The molecule has 5 heteroatoms. The lowest BCUT2D eigenvalue weighted by Crippen LogP contribution is -2.43. The predicted molar refractivity (Wildman–Crippen MR) is 83.3 cm³/mol. The molecule has 2 N–H and O–H groups in total. The average molecular weight is 301 g/mol. The Hall–Kier alpha value is -2.04. The molecule has 3 rings (SSSR count). The molecule has 1 radical (unpaired) electrons. The number of rotatable bonds is 3. The second-order valence-electron chi connectivity index (χ2n) is 6.16. The van der Waals surface area contributed by atoms with Crippen molar-refractivity contribution in [2.45, 2.75) is 38.1 Å². The molecule has 1 heterocycles. The highest BCUT2D eigenvalue weighted by molar-refractivity contribution is 6.07. The molecule has 5 nitrogen and oxygen atoms in total. The van der Waals surface area contributed by atoms with Crippen LogP contribution in [0.3, 0.4) is 0 Å². The van der Waals surface area contributed by atoms with Gasteiger partial charge in [0.05, 0.1) is 12.5 Å². The summed E-state index contributed by atoms with van der Waals surface area (Å²) in [5.74, 6) is 0.226. The van der Waals surface area contributed by atoms with Crippen molar-refractivity contribution in [3.63, 3.8) is 0 Å². The van der Waals surface area contributed by atoms with E-state index in [-0.39, 0.29) is 5.91 Å². The number of nitrogens with two attached hydrogens (primary N) is 1. The van der Waals surface area contributed by atoms with Gasteiger partial charge >= 0.3 is 0 Å². The van der Waals surface area contributed by atoms with Gasteiger partial charge in [-0.1, -0.05) is 18.9 Å². The van der Waals surface area contributed by atoms with Gasteiger partial charge in [0.25, 0.3) is 0 Å². The zero-order chi connectivity index (χ0) is 15.7. The largest absolute Gasteiger partial charge is 0.497 e. The first kappa shape index (κ1) is 14.9. The Morgan fingerprint density at radius 1 is 1.45 bits per heavy atom. The van der Waals surface area contributed by atoms with E-state index in [4.69, 9.17) is 10.5 Å². The summed E-state index contributed by atoms with van der Waals surface area (Å²) >= 11 is 0. The first-order chi connectivity index (χ1) is 10.6. The van der Waals surface area contributed by atoms with Gasteiger partial charge < -0.3 is 10.5 Å². The summed E-state index contributed by atoms with van der Waals surface area (Å²) in [6, 6.07) is 6.65. The van der Waals surface area contributed by atoms with Crippen molar-refractivity contribution in [2.75, 3.05) is 12.0 Å². The second-order valence-corrected chi connectivity index (χ2v) is 6.16. The predicted octanol–water partition coefficient (Wildman–Crippen LogP) is 2.05. The van der Waals surface area contributed by atoms with Crippen LogP contribution in [0.2, 0.25) is 0 Å². The Bertz CT molecular complexity index is 593. The van der Waals surface area contributed by atoms with Gasteiger partial charge in [0.15, 0.2) is 0 Å². The van der Waals surface area contributed by atoms with Gasteiger partial charge in [-0.25, -0.2) is 0 Å². The first-order valence-corrected chi connectivity index (χ1v) is 7.66. The molecular weight excluding hydrogens is 280 g/mol. The van der Waals surface area contributed by atoms with E-state index in [1.54, 1.807) is 18.1 Å². The van der Waals surface area contributed by atoms with Crippen LogP contribution in [0, 0.1) is 11.8 Å². The molecule has 22 heavy (non-hydrogen) atoms. The van der Waals surface area contributed by atoms with E-state index in [9.17, 15) is 9.59 Å². The van der Waals surface area contributed by atoms with Gasteiger partial charge in [0.2, 0.25) is 11.8 Å². The molecule has 1 spiro atoms. The minimum Gasteiger partial charge on any atom is -0.497 e. The Labute approximate surface area is 130 Å². The molecule has 1 aliphatic heterocycles. The number of carbonyl (C=O) groups is 2. The number of hydrogen-bond donors (Lipinski definition) is 1. The van der Waals surface area contributed by atoms with E-state index >= 15 is 0 Å². The summed E-state index contributed by atoms with van der Waals surface area (Å²) in [5, 5.41) is 0. The maximum Gasteiger partial charge on any atom is 0.240 e. The molecule has 2 atom stereocenters. The molecule has 117 valence electrons. The van der Waals surface area contributed by atoms with Crippen LogP contribution in [-0.4, -0.2) is 25.0 Å². The SMILES string of the molecule is COc1cccc(N2C(=O)C3(C[CH]CCC3)CC2C(N)=O)c1. The van der Waals surface area contributed by atoms with Crippen molar-refractivity contribution < 1.29 is 14.3 Å². The molecule has 1 saturated heterocycles. The lowest BCUT2D eigenvalue weighted by Gasteiger charge is -2.31. The van der Waals surface area contributed by atoms with E-state index in [2.05, 4.69) is 6.42 Å². The molecule has 1 aromatic rings. The molecule has 2 aliphatic rings. The quantitative estimate of drug-likeness (QED) is 0.928. The maximum absolute atomic E-state index is 13.1. The lowest BCUT2D eigenvalue weighted by molar-refractivity contribution is -0.126. The molecule has 0 aromatic heterocycles. The van der Waals surface area contributed by atoms with E-state index in [0.29, 0.717) is 17.9 Å². The summed E-state index contributed by atoms with van der Waals surface area (Å²) < 4.78 is 5.22. The third kappa shape index (κ3) is 2.34. The van der Waals surface area contributed by atoms with Crippen LogP contribution >= 0.6 is 0 Å². The molecular formula is C17H21N2O3. The summed E-state index contributed by atoms with van der Waals surface area (Å²) in [6.45, 7) is 0. The highest BCUT2D eigenvalue weighted by Gasteiger charge is 2.53. The minimum absolute atomic E-state index is 0.0144. The van der Waals surface area contributed by atoms with Gasteiger partial charge in [0, 0.05) is 11.8 Å². The van der Waals surface area contributed by atoms with Crippen molar-refractivity contribution in [3.8, 4) is 5.75 Å². The average Bonchev–Trinajstić information content (AvgIpc) is 2.81. The Balaban J connectivity index is 1.99. The summed E-state index contributed by atoms with van der Waals surface area (Å²) in [4.78, 5) is 26.5. The second kappa shape index (κ2) is 5.63. The summed E-state index contributed by atoms with van der Waals surface area (Å²) in [6.07, 6.45) is 6.25. The van der Waals surface area contributed by atoms with Gasteiger partial charge in [0.1, 0.15) is 11.8 Å². The Morgan fingerprint density at radius 2 is 2.27 bits per heavy atom. The number of benzene rings is 1. The van der Waals surface area contributed by atoms with Crippen molar-refractivity contribution >= 4 is 17.5 Å². The number of anilines is 1. The highest BCUT2D eigenvalue weighted by Crippen LogP contribution is 2.48. The van der Waals surface area contributed by atoms with Crippen molar-refractivity contribution in [1.82, 2.24) is 0 Å². The molecule has 2 unspecified atom stereocenters. The summed E-state index contributed by atoms with van der Waals surface area (Å²) in [7, 11) is 1.58. The van der Waals surface area contributed by atoms with Crippen LogP contribution < -0.4 is 15.4 Å². The molecule has 0 bridgehead atoms. The molecule has 2 fully saturated rings. The molecule has 1 aromatic carbocycles. The first-order valence-electron chi connectivity index (χ1n) is 7.66. The zero-order valence-corrected chi connectivity index (χ0v) is 12.7. The molecule has 2 amide bonds. The van der Waals surface area contributed by atoms with Gasteiger partial charge in [-0.3, -0.25) is 14.5 Å².